The van der Waals surface area contributed by atoms with E-state index in [-0.39, 0.29) is 11.3 Å². The molecule has 8 heteroatoms. The SMILES string of the molecule is Cc1nn(CCC#N)c(C)c1CCC(=O)Nc1nnc(C23CC4CC(CC(C4)C2)C3)s1. The number of carbonyl (C=O) groups excluding carboxylic acids is 1. The fourth-order valence-electron chi connectivity index (χ4n) is 6.75. The van der Waals surface area contributed by atoms with Crippen LogP contribution in [0.5, 0.6) is 0 Å². The van der Waals surface area contributed by atoms with Gasteiger partial charge < -0.3 is 5.32 Å². The van der Waals surface area contributed by atoms with Crippen LogP contribution in [-0.2, 0) is 23.2 Å². The van der Waals surface area contributed by atoms with Gasteiger partial charge in [-0.1, -0.05) is 11.3 Å². The molecule has 0 aromatic carbocycles. The molecule has 7 nitrogen and oxygen atoms in total. The van der Waals surface area contributed by atoms with Crippen LogP contribution in [0.4, 0.5) is 5.13 Å². The van der Waals surface area contributed by atoms with Gasteiger partial charge in [-0.05, 0) is 82.1 Å². The maximum Gasteiger partial charge on any atom is 0.226 e. The summed E-state index contributed by atoms with van der Waals surface area (Å²) in [6.45, 7) is 4.56. The van der Waals surface area contributed by atoms with Crippen LogP contribution in [0.15, 0.2) is 0 Å². The second kappa shape index (κ2) is 8.01. The van der Waals surface area contributed by atoms with E-state index in [1.807, 2.05) is 18.5 Å². The molecule has 4 saturated carbocycles. The minimum Gasteiger partial charge on any atom is -0.301 e. The molecule has 0 saturated heterocycles. The van der Waals surface area contributed by atoms with Gasteiger partial charge in [0.15, 0.2) is 0 Å². The number of nitriles is 1. The van der Waals surface area contributed by atoms with Gasteiger partial charge in [0.1, 0.15) is 5.01 Å². The molecule has 4 fully saturated rings. The lowest BCUT2D eigenvalue weighted by Crippen LogP contribution is -2.48. The van der Waals surface area contributed by atoms with Gasteiger partial charge in [-0.15, -0.1) is 10.2 Å². The van der Waals surface area contributed by atoms with E-state index in [2.05, 4.69) is 26.7 Å². The first kappa shape index (κ1) is 20.6. The number of hydrogen-bond donors (Lipinski definition) is 1. The third kappa shape index (κ3) is 3.89. The fraction of sp³-hybridized carbons (Fsp3) is 0.696. The third-order valence-electron chi connectivity index (χ3n) is 7.73. The minimum atomic E-state index is -0.0308. The number of nitrogens with one attached hydrogen (secondary N) is 1. The molecular formula is C23H30N6OS. The van der Waals surface area contributed by atoms with Crippen LogP contribution < -0.4 is 5.32 Å². The van der Waals surface area contributed by atoms with Crippen molar-refractivity contribution in [3.63, 3.8) is 0 Å². The molecule has 164 valence electrons. The zero-order valence-electron chi connectivity index (χ0n) is 18.4. The molecule has 4 aliphatic carbocycles. The molecule has 1 N–H and O–H groups in total. The first-order chi connectivity index (χ1) is 15.0. The highest BCUT2D eigenvalue weighted by Gasteiger charge is 2.53. The van der Waals surface area contributed by atoms with Crippen LogP contribution in [0.3, 0.4) is 0 Å². The molecule has 0 radical (unpaired) electrons. The number of rotatable bonds is 7. The number of aryl methyl sites for hydroxylation is 2. The zero-order valence-corrected chi connectivity index (χ0v) is 19.2. The van der Waals surface area contributed by atoms with Crippen molar-refractivity contribution in [3.8, 4) is 6.07 Å². The van der Waals surface area contributed by atoms with Gasteiger partial charge >= 0.3 is 0 Å². The van der Waals surface area contributed by atoms with E-state index in [1.54, 1.807) is 11.3 Å². The van der Waals surface area contributed by atoms with Gasteiger partial charge in [0.2, 0.25) is 11.0 Å². The van der Waals surface area contributed by atoms with Gasteiger partial charge in [0.05, 0.1) is 24.7 Å². The second-order valence-electron chi connectivity index (χ2n) is 9.94. The third-order valence-corrected chi connectivity index (χ3v) is 8.82. The van der Waals surface area contributed by atoms with Crippen LogP contribution in [0.2, 0.25) is 0 Å². The molecule has 4 bridgehead atoms. The first-order valence-electron chi connectivity index (χ1n) is 11.5. The molecule has 0 aliphatic heterocycles. The first-order valence-corrected chi connectivity index (χ1v) is 12.3. The van der Waals surface area contributed by atoms with E-state index >= 15 is 0 Å². The molecule has 2 aromatic rings. The maximum absolute atomic E-state index is 12.6. The van der Waals surface area contributed by atoms with Gasteiger partial charge in [-0.25, -0.2) is 0 Å². The van der Waals surface area contributed by atoms with Gasteiger partial charge in [0, 0.05) is 17.5 Å². The fourth-order valence-corrected chi connectivity index (χ4v) is 7.73. The van der Waals surface area contributed by atoms with Crippen LogP contribution in [-0.4, -0.2) is 25.9 Å². The van der Waals surface area contributed by atoms with Crippen LogP contribution in [0, 0.1) is 42.9 Å². The Balaban J connectivity index is 1.20. The van der Waals surface area contributed by atoms with E-state index in [0.717, 1.165) is 39.7 Å². The summed E-state index contributed by atoms with van der Waals surface area (Å²) in [5.41, 5.74) is 3.30. The quantitative estimate of drug-likeness (QED) is 0.695. The number of hydrogen-bond acceptors (Lipinski definition) is 6. The number of aromatic nitrogens is 4. The number of nitrogens with zero attached hydrogens (tertiary/aromatic N) is 5. The van der Waals surface area contributed by atoms with Crippen LogP contribution in [0.25, 0.3) is 0 Å². The molecule has 0 unspecified atom stereocenters. The Morgan fingerprint density at radius 2 is 1.87 bits per heavy atom. The highest BCUT2D eigenvalue weighted by Crippen LogP contribution is 2.61. The summed E-state index contributed by atoms with van der Waals surface area (Å²) >= 11 is 1.59. The molecule has 0 atom stereocenters. The average molecular weight is 439 g/mol. The number of anilines is 1. The van der Waals surface area contributed by atoms with E-state index in [1.165, 1.54) is 38.5 Å². The van der Waals surface area contributed by atoms with Gasteiger partial charge in [0.25, 0.3) is 0 Å². The summed E-state index contributed by atoms with van der Waals surface area (Å²) < 4.78 is 1.87. The predicted octanol–water partition coefficient (Wildman–Crippen LogP) is 4.30. The smallest absolute Gasteiger partial charge is 0.226 e. The van der Waals surface area contributed by atoms with Crippen molar-refractivity contribution in [2.45, 2.75) is 83.6 Å². The molecule has 31 heavy (non-hydrogen) atoms. The van der Waals surface area contributed by atoms with Crippen LogP contribution >= 0.6 is 11.3 Å². The number of carbonyl (C=O) groups is 1. The maximum atomic E-state index is 12.6. The van der Waals surface area contributed by atoms with E-state index in [0.29, 0.717) is 30.9 Å². The normalized spacial score (nSPS) is 28.6. The summed E-state index contributed by atoms with van der Waals surface area (Å²) in [4.78, 5) is 12.6. The Morgan fingerprint density at radius 3 is 2.52 bits per heavy atom. The molecule has 2 heterocycles. The van der Waals surface area contributed by atoms with Crippen molar-refractivity contribution in [1.82, 2.24) is 20.0 Å². The van der Waals surface area contributed by atoms with Crippen molar-refractivity contribution in [1.29, 1.82) is 5.26 Å². The average Bonchev–Trinajstić information content (AvgIpc) is 3.29. The molecule has 1 amide bonds. The molecular weight excluding hydrogens is 408 g/mol. The van der Waals surface area contributed by atoms with E-state index in [9.17, 15) is 4.79 Å². The Bertz CT molecular complexity index is 996. The highest BCUT2D eigenvalue weighted by atomic mass is 32.1. The van der Waals surface area contributed by atoms with Crippen molar-refractivity contribution < 1.29 is 4.79 Å². The Hall–Kier alpha value is -2.27. The topological polar surface area (TPSA) is 96.5 Å². The standard InChI is InChI=1S/C23H30N6OS/c1-14-19(15(2)29(28-14)7-3-6-24)4-5-20(30)25-22-27-26-21(31-22)23-11-16-8-17(12-23)10-18(9-16)13-23/h16-18H,3-5,7-13H2,1-2H3,(H,25,27,30). The summed E-state index contributed by atoms with van der Waals surface area (Å²) in [5, 5.41) is 27.0. The van der Waals surface area contributed by atoms with Gasteiger partial charge in [-0.2, -0.15) is 10.4 Å². The minimum absolute atomic E-state index is 0.0308. The zero-order chi connectivity index (χ0) is 21.6. The van der Waals surface area contributed by atoms with Crippen molar-refractivity contribution in [2.24, 2.45) is 17.8 Å². The lowest BCUT2D eigenvalue weighted by Gasteiger charge is -2.55. The lowest BCUT2D eigenvalue weighted by molar-refractivity contribution is -0.116. The molecule has 0 spiro atoms. The van der Waals surface area contributed by atoms with E-state index < -0.39 is 0 Å². The van der Waals surface area contributed by atoms with Crippen molar-refractivity contribution in [2.75, 3.05) is 5.32 Å². The second-order valence-corrected chi connectivity index (χ2v) is 10.9. The Kier molecular flexibility index (Phi) is 5.33. The summed E-state index contributed by atoms with van der Waals surface area (Å²) in [7, 11) is 0. The van der Waals surface area contributed by atoms with Gasteiger partial charge in [-0.3, -0.25) is 9.48 Å². The predicted molar refractivity (Wildman–Crippen MR) is 119 cm³/mol. The summed E-state index contributed by atoms with van der Waals surface area (Å²) in [6, 6.07) is 2.16. The Morgan fingerprint density at radius 1 is 1.19 bits per heavy atom. The number of amides is 1. The summed E-state index contributed by atoms with van der Waals surface area (Å²) in [6.07, 6.45) is 9.47. The molecule has 2 aromatic heterocycles. The van der Waals surface area contributed by atoms with Crippen LogP contribution in [0.1, 0.15) is 73.3 Å². The summed E-state index contributed by atoms with van der Waals surface area (Å²) in [5.74, 6) is 2.58. The van der Waals surface area contributed by atoms with Crippen molar-refractivity contribution >= 4 is 22.4 Å². The van der Waals surface area contributed by atoms with Crippen molar-refractivity contribution in [3.05, 3.63) is 22.0 Å². The molecule has 4 aliphatic rings. The lowest BCUT2D eigenvalue weighted by atomic mass is 9.50. The monoisotopic (exact) mass is 438 g/mol. The largest absolute Gasteiger partial charge is 0.301 e. The highest BCUT2D eigenvalue weighted by molar-refractivity contribution is 7.15. The molecule has 6 rings (SSSR count). The Labute approximate surface area is 187 Å². The van der Waals surface area contributed by atoms with E-state index in [4.69, 9.17) is 5.26 Å².